The van der Waals surface area contributed by atoms with Gasteiger partial charge in [-0.1, -0.05) is 29.8 Å². The number of hydrogen-bond acceptors (Lipinski definition) is 3. The molecule has 2 aromatic rings. The number of rotatable bonds is 3. The number of hydrogen-bond donors (Lipinski definition) is 2. The molecule has 19 heavy (non-hydrogen) atoms. The van der Waals surface area contributed by atoms with Crippen molar-refractivity contribution in [2.24, 2.45) is 0 Å². The first-order chi connectivity index (χ1) is 8.75. The van der Waals surface area contributed by atoms with Gasteiger partial charge in [-0.2, -0.15) is 0 Å². The Labute approximate surface area is 147 Å². The van der Waals surface area contributed by atoms with Crippen LogP contribution in [0.4, 0.5) is 5.82 Å². The van der Waals surface area contributed by atoms with Crippen molar-refractivity contribution in [1.29, 1.82) is 0 Å². The van der Waals surface area contributed by atoms with Gasteiger partial charge in [-0.15, -0.1) is 12.6 Å². The second kappa shape index (κ2) is 6.51. The number of nitrogens with one attached hydrogen (secondary N) is 1. The zero-order valence-corrected chi connectivity index (χ0v) is 14.4. The standard InChI is InChI=1S/C14H13ClN2S.Na.H/c15-13-11(10-3-1-2-4-12(10)18)7-8-16-14(13)17-9-5-6-9;;/h1-4,7-9,18H,5-6H2,(H,16,17);;/q;+1;-1. The maximum Gasteiger partial charge on any atom is 1.00 e. The summed E-state index contributed by atoms with van der Waals surface area (Å²) in [5.74, 6) is 0.772. The molecule has 0 spiro atoms. The Morgan fingerprint density at radius 3 is 2.63 bits per heavy atom. The summed E-state index contributed by atoms with van der Waals surface area (Å²) in [7, 11) is 0. The first-order valence-electron chi connectivity index (χ1n) is 5.95. The zero-order valence-electron chi connectivity index (χ0n) is 11.7. The van der Waals surface area contributed by atoms with Crippen molar-refractivity contribution in [3.63, 3.8) is 0 Å². The van der Waals surface area contributed by atoms with Crippen molar-refractivity contribution in [2.45, 2.75) is 23.8 Å². The van der Waals surface area contributed by atoms with E-state index in [1.807, 2.05) is 30.3 Å². The molecule has 0 aliphatic heterocycles. The molecule has 1 heterocycles. The van der Waals surface area contributed by atoms with Gasteiger partial charge in [-0.3, -0.25) is 0 Å². The van der Waals surface area contributed by atoms with Crippen molar-refractivity contribution in [3.05, 3.63) is 41.6 Å². The summed E-state index contributed by atoms with van der Waals surface area (Å²) < 4.78 is 0. The molecule has 1 aromatic carbocycles. The van der Waals surface area contributed by atoms with E-state index in [1.165, 1.54) is 12.8 Å². The molecule has 0 amide bonds. The van der Waals surface area contributed by atoms with E-state index in [2.05, 4.69) is 22.9 Å². The number of thiol groups is 1. The molecule has 0 atom stereocenters. The Hall–Kier alpha value is -0.190. The van der Waals surface area contributed by atoms with Crippen LogP contribution in [0.25, 0.3) is 11.1 Å². The maximum absolute atomic E-state index is 6.43. The quantitative estimate of drug-likeness (QED) is 0.661. The molecular weight excluding hydrogens is 287 g/mol. The molecule has 1 fully saturated rings. The molecule has 0 unspecified atom stereocenters. The fourth-order valence-electron chi connectivity index (χ4n) is 1.87. The fourth-order valence-corrected chi connectivity index (χ4v) is 2.42. The van der Waals surface area contributed by atoms with Gasteiger partial charge in [-0.25, -0.2) is 4.98 Å². The SMILES string of the molecule is Sc1ccccc1-c1ccnc(NC2CC2)c1Cl.[H-].[Na+]. The molecule has 1 aliphatic rings. The molecule has 0 radical (unpaired) electrons. The van der Waals surface area contributed by atoms with Gasteiger partial charge in [0.05, 0.1) is 5.02 Å². The van der Waals surface area contributed by atoms with Crippen LogP contribution in [0.15, 0.2) is 41.4 Å². The van der Waals surface area contributed by atoms with Crippen molar-refractivity contribution in [1.82, 2.24) is 4.98 Å². The normalized spacial score (nSPS) is 13.8. The second-order valence-corrected chi connectivity index (χ2v) is 5.32. The molecule has 1 aliphatic carbocycles. The smallest absolute Gasteiger partial charge is 1.00 e. The number of halogens is 1. The van der Waals surface area contributed by atoms with Gasteiger partial charge in [-0.05, 0) is 30.5 Å². The van der Waals surface area contributed by atoms with Gasteiger partial charge in [0.15, 0.2) is 0 Å². The number of nitrogens with zero attached hydrogens (tertiary/aromatic N) is 1. The maximum atomic E-state index is 6.43. The Morgan fingerprint density at radius 2 is 1.95 bits per heavy atom. The van der Waals surface area contributed by atoms with Crippen molar-refractivity contribution in [2.75, 3.05) is 5.32 Å². The third kappa shape index (κ3) is 3.47. The van der Waals surface area contributed by atoms with E-state index < -0.39 is 0 Å². The zero-order chi connectivity index (χ0) is 12.5. The minimum atomic E-state index is 0. The molecule has 0 bridgehead atoms. The fraction of sp³-hybridized carbons (Fsp3) is 0.214. The summed E-state index contributed by atoms with van der Waals surface area (Å²) in [4.78, 5) is 5.23. The van der Waals surface area contributed by atoms with E-state index in [1.54, 1.807) is 6.20 Å². The Balaban J connectivity index is 0.000001000. The van der Waals surface area contributed by atoms with Gasteiger partial charge < -0.3 is 6.74 Å². The monoisotopic (exact) mass is 300 g/mol. The Kier molecular flexibility index (Phi) is 5.21. The Bertz CT molecular complexity index is 593. The number of aromatic nitrogens is 1. The molecule has 1 saturated carbocycles. The summed E-state index contributed by atoms with van der Waals surface area (Å²) in [6.45, 7) is 0. The second-order valence-electron chi connectivity index (χ2n) is 4.46. The van der Waals surface area contributed by atoms with Gasteiger partial charge in [0.1, 0.15) is 5.82 Å². The van der Waals surface area contributed by atoms with Crippen molar-refractivity contribution < 1.29 is 31.0 Å². The minimum absolute atomic E-state index is 0. The summed E-state index contributed by atoms with van der Waals surface area (Å²) in [6.07, 6.45) is 4.18. The first-order valence-corrected chi connectivity index (χ1v) is 6.77. The van der Waals surface area contributed by atoms with Crippen LogP contribution in [-0.2, 0) is 0 Å². The number of anilines is 1. The summed E-state index contributed by atoms with van der Waals surface area (Å²) in [5, 5.41) is 4.02. The molecule has 1 aromatic heterocycles. The number of pyridine rings is 1. The molecule has 94 valence electrons. The molecule has 5 heteroatoms. The van der Waals surface area contributed by atoms with Crippen molar-refractivity contribution >= 4 is 30.0 Å². The molecular formula is C14H14ClN2NaS. The van der Waals surface area contributed by atoms with E-state index in [9.17, 15) is 0 Å². The van der Waals surface area contributed by atoms with Crippen molar-refractivity contribution in [3.8, 4) is 11.1 Å². The number of benzene rings is 1. The van der Waals surface area contributed by atoms with Gasteiger partial charge in [0.25, 0.3) is 0 Å². The topological polar surface area (TPSA) is 24.9 Å². The van der Waals surface area contributed by atoms with E-state index in [0.717, 1.165) is 21.8 Å². The van der Waals surface area contributed by atoms with E-state index in [0.29, 0.717) is 11.1 Å². The minimum Gasteiger partial charge on any atom is -1.00 e. The average Bonchev–Trinajstić information content (AvgIpc) is 3.17. The van der Waals surface area contributed by atoms with Crippen LogP contribution < -0.4 is 34.9 Å². The van der Waals surface area contributed by atoms with Crippen LogP contribution in [-0.4, -0.2) is 11.0 Å². The third-order valence-electron chi connectivity index (χ3n) is 3.00. The Morgan fingerprint density at radius 1 is 1.21 bits per heavy atom. The predicted octanol–water partition coefficient (Wildman–Crippen LogP) is 1.38. The molecule has 3 rings (SSSR count). The van der Waals surface area contributed by atoms with Crippen LogP contribution in [0.1, 0.15) is 14.3 Å². The molecule has 2 nitrogen and oxygen atoms in total. The molecule has 0 saturated heterocycles. The van der Waals surface area contributed by atoms with E-state index in [4.69, 9.17) is 11.6 Å². The van der Waals surface area contributed by atoms with Crippen LogP contribution in [0.2, 0.25) is 5.02 Å². The molecule has 1 N–H and O–H groups in total. The average molecular weight is 301 g/mol. The summed E-state index contributed by atoms with van der Waals surface area (Å²) in [5.41, 5.74) is 2.01. The van der Waals surface area contributed by atoms with Gasteiger partial charge >= 0.3 is 29.6 Å². The van der Waals surface area contributed by atoms with Gasteiger partial charge in [0.2, 0.25) is 0 Å². The van der Waals surface area contributed by atoms with Crippen LogP contribution >= 0.6 is 24.2 Å². The first kappa shape index (κ1) is 15.2. The largest absolute Gasteiger partial charge is 1.00 e. The van der Waals surface area contributed by atoms with E-state index >= 15 is 0 Å². The van der Waals surface area contributed by atoms with Crippen LogP contribution in [0, 0.1) is 0 Å². The van der Waals surface area contributed by atoms with Crippen LogP contribution in [0.3, 0.4) is 0 Å². The third-order valence-corrected chi connectivity index (χ3v) is 3.77. The summed E-state index contributed by atoms with van der Waals surface area (Å²) >= 11 is 10.9. The summed E-state index contributed by atoms with van der Waals surface area (Å²) in [6, 6.07) is 10.4. The van der Waals surface area contributed by atoms with E-state index in [-0.39, 0.29) is 31.0 Å². The van der Waals surface area contributed by atoms with Gasteiger partial charge in [0, 0.05) is 22.7 Å². The van der Waals surface area contributed by atoms with Crippen LogP contribution in [0.5, 0.6) is 0 Å². The predicted molar refractivity (Wildman–Crippen MR) is 79.7 cm³/mol.